The van der Waals surface area contributed by atoms with Crippen LogP contribution in [0.5, 0.6) is 0 Å². The molecule has 3 nitrogen and oxygen atoms in total. The van der Waals surface area contributed by atoms with Crippen LogP contribution in [0.2, 0.25) is 0 Å². The van der Waals surface area contributed by atoms with Crippen LogP contribution in [-0.2, 0) is 0 Å². The second-order valence-corrected chi connectivity index (χ2v) is 2.52. The van der Waals surface area contributed by atoms with Crippen LogP contribution in [0.4, 0.5) is 0 Å². The molecule has 0 aromatic carbocycles. The van der Waals surface area contributed by atoms with E-state index in [1.807, 2.05) is 0 Å². The molecule has 0 radical (unpaired) electrons. The standard InChI is InChI=1S/C9H6NO2/c11-9-5-1-4-8-7(9)3-2-6-10(8)12/h1-6H/q-1. The first-order valence-electron chi connectivity index (χ1n) is 3.57. The number of benzene rings is 1. The molecule has 1 aliphatic carbocycles. The third-order valence-electron chi connectivity index (χ3n) is 1.76. The lowest BCUT2D eigenvalue weighted by Crippen LogP contribution is -2.07. The fourth-order valence-electron chi connectivity index (χ4n) is 1.19. The zero-order chi connectivity index (χ0) is 8.55. The van der Waals surface area contributed by atoms with Gasteiger partial charge < -0.3 is 9.94 Å². The second-order valence-electron chi connectivity index (χ2n) is 2.52. The van der Waals surface area contributed by atoms with Gasteiger partial charge >= 0.3 is 0 Å². The fourth-order valence-corrected chi connectivity index (χ4v) is 1.19. The van der Waals surface area contributed by atoms with Crippen molar-refractivity contribution in [2.75, 3.05) is 0 Å². The van der Waals surface area contributed by atoms with Crippen molar-refractivity contribution in [3.63, 3.8) is 0 Å². The van der Waals surface area contributed by atoms with Gasteiger partial charge in [-0.1, -0.05) is 6.07 Å². The number of hydrogen-bond acceptors (Lipinski definition) is 2. The molecule has 0 unspecified atom stereocenters. The van der Waals surface area contributed by atoms with E-state index >= 15 is 0 Å². The molecule has 0 aromatic rings. The molecule has 0 N–H and O–H groups in total. The summed E-state index contributed by atoms with van der Waals surface area (Å²) in [6, 6.07) is 7.87. The van der Waals surface area contributed by atoms with E-state index in [2.05, 4.69) is 0 Å². The second kappa shape index (κ2) is 2.37. The van der Waals surface area contributed by atoms with Crippen molar-refractivity contribution >= 4 is 0 Å². The largest absolute Gasteiger partial charge is 0.806 e. The maximum atomic E-state index is 11.2. The normalized spacial score (nSPS) is 10.3. The Balaban J connectivity index is 2.91. The van der Waals surface area contributed by atoms with Crippen LogP contribution in [0.3, 0.4) is 0 Å². The molecule has 0 spiro atoms. The van der Waals surface area contributed by atoms with Crippen LogP contribution in [0, 0.1) is 5.21 Å². The van der Waals surface area contributed by atoms with Gasteiger partial charge in [-0.3, -0.25) is 4.79 Å². The van der Waals surface area contributed by atoms with E-state index in [4.69, 9.17) is 0 Å². The summed E-state index contributed by atoms with van der Waals surface area (Å²) in [4.78, 5) is 11.2. The molecule has 2 rings (SSSR count). The molecule has 0 saturated heterocycles. The van der Waals surface area contributed by atoms with E-state index in [9.17, 15) is 10.0 Å². The molecule has 0 atom stereocenters. The predicted octanol–water partition coefficient (Wildman–Crippen LogP) is 1.30. The zero-order valence-corrected chi connectivity index (χ0v) is 6.23. The topological polar surface area (TPSA) is 45.1 Å². The monoisotopic (exact) mass is 160 g/mol. The Morgan fingerprint density at radius 2 is 2.00 bits per heavy atom. The number of nitrogens with zero attached hydrogens (tertiary/aromatic N) is 1. The number of aromatic nitrogens is 1. The lowest BCUT2D eigenvalue weighted by atomic mass is 10.1. The molecular formula is C9H6NO2-. The maximum absolute atomic E-state index is 11.2. The lowest BCUT2D eigenvalue weighted by molar-refractivity contribution is 1.07. The number of fused-ring (bicyclic) bond motifs is 1. The first-order chi connectivity index (χ1) is 5.79. The lowest BCUT2D eigenvalue weighted by Gasteiger charge is -2.17. The van der Waals surface area contributed by atoms with Crippen LogP contribution in [-0.4, -0.2) is 4.73 Å². The highest BCUT2D eigenvalue weighted by Crippen LogP contribution is 2.14. The van der Waals surface area contributed by atoms with E-state index in [1.165, 1.54) is 12.3 Å². The summed E-state index contributed by atoms with van der Waals surface area (Å²) in [5.74, 6) is 0. The first-order valence-corrected chi connectivity index (χ1v) is 3.57. The van der Waals surface area contributed by atoms with Gasteiger partial charge in [-0.05, 0) is 30.5 Å². The summed E-state index contributed by atoms with van der Waals surface area (Å²) in [6.07, 6.45) is 1.38. The molecule has 1 heterocycles. The molecule has 12 heavy (non-hydrogen) atoms. The van der Waals surface area contributed by atoms with Crippen molar-refractivity contribution in [3.8, 4) is 11.3 Å². The summed E-state index contributed by atoms with van der Waals surface area (Å²) in [7, 11) is 0. The van der Waals surface area contributed by atoms with E-state index in [0.29, 0.717) is 16.0 Å². The van der Waals surface area contributed by atoms with Crippen molar-refractivity contribution in [2.45, 2.75) is 0 Å². The van der Waals surface area contributed by atoms with E-state index in [1.54, 1.807) is 24.3 Å². The summed E-state index contributed by atoms with van der Waals surface area (Å²) in [5.41, 5.74) is 0.776. The minimum absolute atomic E-state index is 0.113. The Morgan fingerprint density at radius 3 is 2.75 bits per heavy atom. The van der Waals surface area contributed by atoms with Gasteiger partial charge in [-0.2, -0.15) is 0 Å². The molecule has 2 aliphatic rings. The highest BCUT2D eigenvalue weighted by atomic mass is 16.5. The molecule has 0 fully saturated rings. The molecular weight excluding hydrogens is 154 g/mol. The Kier molecular flexibility index (Phi) is 1.37. The predicted molar refractivity (Wildman–Crippen MR) is 46.1 cm³/mol. The quantitative estimate of drug-likeness (QED) is 0.583. The average molecular weight is 160 g/mol. The summed E-state index contributed by atoms with van der Waals surface area (Å²) >= 11 is 0. The van der Waals surface area contributed by atoms with Crippen LogP contribution >= 0.6 is 0 Å². The van der Waals surface area contributed by atoms with Gasteiger partial charge in [0, 0.05) is 11.3 Å². The number of rotatable bonds is 0. The minimum Gasteiger partial charge on any atom is -0.806 e. The summed E-state index contributed by atoms with van der Waals surface area (Å²) < 4.78 is 0.691. The molecule has 0 aromatic heterocycles. The molecule has 0 saturated carbocycles. The average Bonchev–Trinajstić information content (AvgIpc) is 2.07. The van der Waals surface area contributed by atoms with Gasteiger partial charge in [0.05, 0.1) is 0 Å². The smallest absolute Gasteiger partial charge is 0.187 e. The summed E-state index contributed by atoms with van der Waals surface area (Å²) in [6.45, 7) is 0. The SMILES string of the molecule is O=c1cccc2n([O-])cccc1-2. The molecule has 0 bridgehead atoms. The van der Waals surface area contributed by atoms with Gasteiger partial charge in [-0.15, -0.1) is 0 Å². The Morgan fingerprint density at radius 1 is 1.17 bits per heavy atom. The van der Waals surface area contributed by atoms with Gasteiger partial charge in [-0.25, -0.2) is 0 Å². The van der Waals surface area contributed by atoms with Gasteiger partial charge in [0.15, 0.2) is 5.43 Å². The zero-order valence-electron chi connectivity index (χ0n) is 6.23. The number of pyridine rings is 1. The van der Waals surface area contributed by atoms with E-state index in [-0.39, 0.29) is 5.43 Å². The highest BCUT2D eigenvalue weighted by molar-refractivity contribution is 5.60. The van der Waals surface area contributed by atoms with Crippen molar-refractivity contribution in [1.29, 1.82) is 0 Å². The van der Waals surface area contributed by atoms with Crippen molar-refractivity contribution < 1.29 is 0 Å². The van der Waals surface area contributed by atoms with Crippen LogP contribution in [0.25, 0.3) is 11.3 Å². The highest BCUT2D eigenvalue weighted by Gasteiger charge is 2.02. The van der Waals surface area contributed by atoms with Gasteiger partial charge in [0.1, 0.15) is 0 Å². The van der Waals surface area contributed by atoms with Crippen LogP contribution < -0.4 is 5.43 Å². The fraction of sp³-hybridized carbons (Fsp3) is 0. The van der Waals surface area contributed by atoms with Crippen molar-refractivity contribution in [3.05, 3.63) is 52.0 Å². The molecule has 0 amide bonds. The van der Waals surface area contributed by atoms with Gasteiger partial charge in [0.25, 0.3) is 0 Å². The molecule has 1 aliphatic heterocycles. The Labute approximate surface area is 68.8 Å². The van der Waals surface area contributed by atoms with Crippen LogP contribution in [0.15, 0.2) is 41.3 Å². The number of hydrogen-bond donors (Lipinski definition) is 0. The first kappa shape index (κ1) is 6.91. The molecule has 3 heteroatoms. The Bertz CT molecular complexity index is 433. The molecule has 60 valence electrons. The minimum atomic E-state index is -0.113. The van der Waals surface area contributed by atoms with E-state index in [0.717, 1.165) is 0 Å². The van der Waals surface area contributed by atoms with Gasteiger partial charge in [0.2, 0.25) is 0 Å². The third kappa shape index (κ3) is 0.871. The van der Waals surface area contributed by atoms with Crippen molar-refractivity contribution in [1.82, 2.24) is 4.73 Å². The Hall–Kier alpha value is -1.77. The van der Waals surface area contributed by atoms with E-state index < -0.39 is 0 Å². The van der Waals surface area contributed by atoms with Crippen molar-refractivity contribution in [2.24, 2.45) is 0 Å². The maximum Gasteiger partial charge on any atom is 0.187 e. The third-order valence-corrected chi connectivity index (χ3v) is 1.76. The van der Waals surface area contributed by atoms with Crippen LogP contribution in [0.1, 0.15) is 0 Å². The summed E-state index contributed by atoms with van der Waals surface area (Å²) in [5, 5.41) is 11.1.